The number of pyridine rings is 1. The van der Waals surface area contributed by atoms with Gasteiger partial charge >= 0.3 is 0 Å². The molecule has 1 aromatic carbocycles. The molecule has 0 radical (unpaired) electrons. The van der Waals surface area contributed by atoms with Crippen molar-refractivity contribution in [3.63, 3.8) is 0 Å². The first kappa shape index (κ1) is 10.9. The van der Waals surface area contributed by atoms with Crippen molar-refractivity contribution in [2.45, 2.75) is 0 Å². The maximum absolute atomic E-state index is 9.54. The minimum absolute atomic E-state index is 0.0216. The molecule has 0 saturated heterocycles. The number of hydrogen-bond acceptors (Lipinski definition) is 4. The number of aromatic nitrogens is 1. The fourth-order valence-electron chi connectivity index (χ4n) is 1.71. The molecule has 3 rings (SSSR count). The van der Waals surface area contributed by atoms with Gasteiger partial charge in [-0.1, -0.05) is 11.6 Å². The Labute approximate surface area is 108 Å². The topological polar surface area (TPSA) is 58.3 Å². The third-order valence-corrected chi connectivity index (χ3v) is 2.90. The van der Waals surface area contributed by atoms with E-state index in [1.807, 2.05) is 12.1 Å². The second kappa shape index (κ2) is 4.23. The van der Waals surface area contributed by atoms with Gasteiger partial charge in [-0.25, -0.2) is 4.98 Å². The number of rotatable bonds is 2. The first-order valence-electron chi connectivity index (χ1n) is 5.32. The van der Waals surface area contributed by atoms with Crippen molar-refractivity contribution >= 4 is 34.1 Å². The average molecular weight is 261 g/mol. The first-order valence-corrected chi connectivity index (χ1v) is 5.69. The third kappa shape index (κ3) is 1.87. The van der Waals surface area contributed by atoms with Gasteiger partial charge in [0.2, 0.25) is 0 Å². The van der Waals surface area contributed by atoms with Crippen molar-refractivity contribution in [1.29, 1.82) is 0 Å². The van der Waals surface area contributed by atoms with E-state index in [0.29, 0.717) is 22.1 Å². The SMILES string of the molecule is Oc1cc(Nc2nccc3ccoc23)ccc1Cl. The number of hydrogen-bond donors (Lipinski definition) is 2. The van der Waals surface area contributed by atoms with E-state index in [4.69, 9.17) is 16.0 Å². The highest BCUT2D eigenvalue weighted by Crippen LogP contribution is 2.29. The average Bonchev–Trinajstić information content (AvgIpc) is 2.83. The van der Waals surface area contributed by atoms with Gasteiger partial charge in [-0.05, 0) is 24.3 Å². The van der Waals surface area contributed by atoms with Crippen LogP contribution in [0.25, 0.3) is 11.0 Å². The number of furan rings is 1. The van der Waals surface area contributed by atoms with E-state index < -0.39 is 0 Å². The molecule has 0 unspecified atom stereocenters. The number of nitrogens with one attached hydrogen (secondary N) is 1. The lowest BCUT2D eigenvalue weighted by atomic mass is 10.3. The Morgan fingerprint density at radius 1 is 1.22 bits per heavy atom. The molecule has 0 aliphatic heterocycles. The minimum Gasteiger partial charge on any atom is -0.506 e. The zero-order valence-corrected chi connectivity index (χ0v) is 9.98. The van der Waals surface area contributed by atoms with Crippen LogP contribution in [0.15, 0.2) is 47.2 Å². The number of benzene rings is 1. The van der Waals surface area contributed by atoms with E-state index in [-0.39, 0.29) is 5.75 Å². The van der Waals surface area contributed by atoms with Crippen molar-refractivity contribution in [3.05, 3.63) is 47.8 Å². The van der Waals surface area contributed by atoms with Crippen molar-refractivity contribution in [2.75, 3.05) is 5.32 Å². The van der Waals surface area contributed by atoms with Gasteiger partial charge in [0.1, 0.15) is 5.75 Å². The lowest BCUT2D eigenvalue weighted by molar-refractivity contribution is 0.476. The maximum atomic E-state index is 9.54. The smallest absolute Gasteiger partial charge is 0.176 e. The third-order valence-electron chi connectivity index (χ3n) is 2.58. The normalized spacial score (nSPS) is 10.7. The van der Waals surface area contributed by atoms with E-state index in [1.54, 1.807) is 24.6 Å². The van der Waals surface area contributed by atoms with E-state index in [9.17, 15) is 5.11 Å². The second-order valence-corrected chi connectivity index (χ2v) is 4.20. The zero-order chi connectivity index (χ0) is 12.5. The van der Waals surface area contributed by atoms with Crippen LogP contribution in [0.2, 0.25) is 5.02 Å². The van der Waals surface area contributed by atoms with Crippen LogP contribution in [0.4, 0.5) is 11.5 Å². The fraction of sp³-hybridized carbons (Fsp3) is 0. The number of aromatic hydroxyl groups is 1. The molecule has 4 nitrogen and oxygen atoms in total. The molecule has 3 aromatic rings. The maximum Gasteiger partial charge on any atom is 0.176 e. The Morgan fingerprint density at radius 3 is 2.94 bits per heavy atom. The van der Waals surface area contributed by atoms with Gasteiger partial charge < -0.3 is 14.8 Å². The Balaban J connectivity index is 2.01. The molecule has 0 atom stereocenters. The van der Waals surface area contributed by atoms with Crippen LogP contribution in [0.3, 0.4) is 0 Å². The molecule has 0 aliphatic carbocycles. The highest BCUT2D eigenvalue weighted by atomic mass is 35.5. The van der Waals surface area contributed by atoms with Gasteiger partial charge in [0.05, 0.1) is 11.3 Å². The van der Waals surface area contributed by atoms with E-state index >= 15 is 0 Å². The van der Waals surface area contributed by atoms with Crippen molar-refractivity contribution in [3.8, 4) is 5.75 Å². The van der Waals surface area contributed by atoms with Crippen molar-refractivity contribution in [2.24, 2.45) is 0 Å². The highest BCUT2D eigenvalue weighted by Gasteiger charge is 2.07. The predicted molar refractivity (Wildman–Crippen MR) is 70.4 cm³/mol. The summed E-state index contributed by atoms with van der Waals surface area (Å²) in [5, 5.41) is 13.9. The largest absolute Gasteiger partial charge is 0.506 e. The Kier molecular flexibility index (Phi) is 2.57. The molecular weight excluding hydrogens is 252 g/mol. The van der Waals surface area contributed by atoms with Crippen molar-refractivity contribution < 1.29 is 9.52 Å². The minimum atomic E-state index is 0.0216. The number of halogens is 1. The monoisotopic (exact) mass is 260 g/mol. The summed E-state index contributed by atoms with van der Waals surface area (Å²) in [6.07, 6.45) is 3.30. The Bertz CT molecular complexity index is 709. The summed E-state index contributed by atoms with van der Waals surface area (Å²) in [5.74, 6) is 0.618. The van der Waals surface area contributed by atoms with Crippen LogP contribution < -0.4 is 5.32 Å². The van der Waals surface area contributed by atoms with Crippen LogP contribution in [0.1, 0.15) is 0 Å². The summed E-state index contributed by atoms with van der Waals surface area (Å²) in [6, 6.07) is 8.63. The lowest BCUT2D eigenvalue weighted by Crippen LogP contribution is -1.93. The van der Waals surface area contributed by atoms with Gasteiger partial charge in [-0.2, -0.15) is 0 Å². The summed E-state index contributed by atoms with van der Waals surface area (Å²) in [7, 11) is 0. The zero-order valence-electron chi connectivity index (χ0n) is 9.22. The van der Waals surface area contributed by atoms with Gasteiger partial charge in [0.15, 0.2) is 11.4 Å². The highest BCUT2D eigenvalue weighted by molar-refractivity contribution is 6.32. The number of fused-ring (bicyclic) bond motifs is 1. The molecule has 18 heavy (non-hydrogen) atoms. The van der Waals surface area contributed by atoms with Crippen LogP contribution in [-0.2, 0) is 0 Å². The second-order valence-electron chi connectivity index (χ2n) is 3.79. The van der Waals surface area contributed by atoms with E-state index in [0.717, 1.165) is 5.39 Å². The molecule has 0 aliphatic rings. The molecule has 2 aromatic heterocycles. The summed E-state index contributed by atoms with van der Waals surface area (Å²) < 4.78 is 5.36. The molecule has 0 saturated carbocycles. The lowest BCUT2D eigenvalue weighted by Gasteiger charge is -2.06. The van der Waals surface area contributed by atoms with Gasteiger partial charge in [-0.15, -0.1) is 0 Å². The van der Waals surface area contributed by atoms with Gasteiger partial charge in [0.25, 0.3) is 0 Å². The Morgan fingerprint density at radius 2 is 2.11 bits per heavy atom. The van der Waals surface area contributed by atoms with Crippen LogP contribution in [0, 0.1) is 0 Å². The number of nitrogens with zero attached hydrogens (tertiary/aromatic N) is 1. The first-order chi connectivity index (χ1) is 8.74. The van der Waals surface area contributed by atoms with Crippen LogP contribution >= 0.6 is 11.6 Å². The molecule has 0 amide bonds. The molecule has 5 heteroatoms. The summed E-state index contributed by atoms with van der Waals surface area (Å²) in [4.78, 5) is 4.21. The summed E-state index contributed by atoms with van der Waals surface area (Å²) >= 11 is 5.75. The fourth-order valence-corrected chi connectivity index (χ4v) is 1.83. The molecular formula is C13H9ClN2O2. The molecule has 2 heterocycles. The molecule has 2 N–H and O–H groups in total. The quantitative estimate of drug-likeness (QED) is 0.733. The molecule has 0 fully saturated rings. The summed E-state index contributed by atoms with van der Waals surface area (Å²) in [6.45, 7) is 0. The summed E-state index contributed by atoms with van der Waals surface area (Å²) in [5.41, 5.74) is 1.36. The Hall–Kier alpha value is -2.20. The van der Waals surface area contributed by atoms with E-state index in [1.165, 1.54) is 6.07 Å². The van der Waals surface area contributed by atoms with E-state index in [2.05, 4.69) is 10.3 Å². The van der Waals surface area contributed by atoms with Crippen LogP contribution in [-0.4, -0.2) is 10.1 Å². The number of phenolic OH excluding ortho intramolecular Hbond substituents is 1. The number of phenols is 1. The van der Waals surface area contributed by atoms with Gasteiger partial charge in [-0.3, -0.25) is 0 Å². The molecule has 0 spiro atoms. The number of anilines is 2. The predicted octanol–water partition coefficient (Wildman–Crippen LogP) is 3.93. The van der Waals surface area contributed by atoms with Gasteiger partial charge in [0, 0.05) is 23.3 Å². The van der Waals surface area contributed by atoms with Crippen LogP contribution in [0.5, 0.6) is 5.75 Å². The standard InChI is InChI=1S/C13H9ClN2O2/c14-10-2-1-9(7-11(10)17)16-13-12-8(3-5-15-13)4-6-18-12/h1-7,17H,(H,15,16). The molecule has 90 valence electrons. The molecule has 0 bridgehead atoms. The van der Waals surface area contributed by atoms with Crippen molar-refractivity contribution in [1.82, 2.24) is 4.98 Å².